The highest BCUT2D eigenvalue weighted by molar-refractivity contribution is 5.40. The van der Waals surface area contributed by atoms with Gasteiger partial charge in [-0.1, -0.05) is 0 Å². The van der Waals surface area contributed by atoms with Crippen molar-refractivity contribution in [2.75, 3.05) is 33.9 Å². The highest BCUT2D eigenvalue weighted by Crippen LogP contribution is 2.35. The molecule has 0 amide bonds. The lowest BCUT2D eigenvalue weighted by molar-refractivity contribution is 0.275. The fourth-order valence-electron chi connectivity index (χ4n) is 2.88. The molecule has 1 heterocycles. The first kappa shape index (κ1) is 14.2. The molecule has 0 bridgehead atoms. The fourth-order valence-corrected chi connectivity index (χ4v) is 2.88. The Labute approximate surface area is 115 Å². The van der Waals surface area contributed by atoms with Crippen molar-refractivity contribution in [2.45, 2.75) is 25.3 Å². The Morgan fingerprint density at radius 2 is 1.84 bits per heavy atom. The van der Waals surface area contributed by atoms with Crippen LogP contribution in [0.2, 0.25) is 0 Å². The van der Waals surface area contributed by atoms with Crippen LogP contribution in [0.1, 0.15) is 24.8 Å². The Morgan fingerprint density at radius 3 is 2.37 bits per heavy atom. The minimum absolute atomic E-state index is 0.533. The number of hydrogen-bond donors (Lipinski definition) is 1. The number of rotatable bonds is 5. The number of methoxy groups -OCH3 is 2. The minimum atomic E-state index is 0.533. The Kier molecular flexibility index (Phi) is 4.66. The van der Waals surface area contributed by atoms with E-state index in [2.05, 4.69) is 24.0 Å². The molecule has 1 saturated heterocycles. The number of hydrogen-bond acceptors (Lipinski definition) is 4. The van der Waals surface area contributed by atoms with E-state index in [-0.39, 0.29) is 0 Å². The van der Waals surface area contributed by atoms with Gasteiger partial charge in [0, 0.05) is 31.7 Å². The van der Waals surface area contributed by atoms with Crippen LogP contribution < -0.4 is 15.2 Å². The van der Waals surface area contributed by atoms with Crippen molar-refractivity contribution in [1.29, 1.82) is 0 Å². The summed E-state index contributed by atoms with van der Waals surface area (Å²) in [5.74, 6) is 2.25. The highest BCUT2D eigenvalue weighted by Gasteiger charge is 2.29. The maximum absolute atomic E-state index is 5.66. The summed E-state index contributed by atoms with van der Waals surface area (Å²) in [4.78, 5) is 2.45. The van der Waals surface area contributed by atoms with Crippen LogP contribution in [0, 0.1) is 0 Å². The summed E-state index contributed by atoms with van der Waals surface area (Å²) in [5, 5.41) is 0. The first-order valence-electron chi connectivity index (χ1n) is 6.85. The second-order valence-electron chi connectivity index (χ2n) is 5.21. The van der Waals surface area contributed by atoms with Crippen LogP contribution >= 0.6 is 0 Å². The van der Waals surface area contributed by atoms with Gasteiger partial charge in [0.1, 0.15) is 11.5 Å². The van der Waals surface area contributed by atoms with Crippen LogP contribution in [-0.2, 0) is 0 Å². The number of nitrogens with two attached hydrogens (primary N) is 1. The zero-order valence-electron chi connectivity index (χ0n) is 12.1. The average Bonchev–Trinajstić information content (AvgIpc) is 2.80. The molecule has 4 nitrogen and oxygen atoms in total. The fraction of sp³-hybridized carbons (Fsp3) is 0.600. The summed E-state index contributed by atoms with van der Waals surface area (Å²) in [6.45, 7) is 5.03. The third-order valence-corrected chi connectivity index (χ3v) is 3.97. The molecule has 1 aromatic carbocycles. The summed E-state index contributed by atoms with van der Waals surface area (Å²) in [5.41, 5.74) is 6.96. The quantitative estimate of drug-likeness (QED) is 0.881. The Hall–Kier alpha value is -1.26. The van der Waals surface area contributed by atoms with E-state index < -0.39 is 0 Å². The highest BCUT2D eigenvalue weighted by atomic mass is 16.5. The largest absolute Gasteiger partial charge is 0.497 e. The Bertz CT molecular complexity index is 400. The molecule has 4 heteroatoms. The predicted molar refractivity (Wildman–Crippen MR) is 77.0 cm³/mol. The minimum Gasteiger partial charge on any atom is -0.497 e. The summed E-state index contributed by atoms with van der Waals surface area (Å²) >= 11 is 0. The molecule has 0 spiro atoms. The van der Waals surface area contributed by atoms with Crippen molar-refractivity contribution < 1.29 is 9.47 Å². The first-order chi connectivity index (χ1) is 9.17. The number of likely N-dealkylation sites (tertiary alicyclic amines) is 1. The van der Waals surface area contributed by atoms with E-state index in [0.717, 1.165) is 37.6 Å². The van der Waals surface area contributed by atoms with E-state index in [0.29, 0.717) is 12.0 Å². The molecule has 0 radical (unpaired) electrons. The molecule has 1 aliphatic rings. The van der Waals surface area contributed by atoms with Gasteiger partial charge in [-0.3, -0.25) is 4.90 Å². The van der Waals surface area contributed by atoms with E-state index in [1.807, 2.05) is 6.07 Å². The van der Waals surface area contributed by atoms with E-state index in [1.165, 1.54) is 5.56 Å². The Morgan fingerprint density at radius 1 is 1.21 bits per heavy atom. The zero-order valence-corrected chi connectivity index (χ0v) is 12.1. The van der Waals surface area contributed by atoms with E-state index >= 15 is 0 Å². The third-order valence-electron chi connectivity index (χ3n) is 3.97. The standard InChI is InChI=1S/C15H24N2O2/c1-11-6-13(10-17(11)5-4-16)12-7-14(18-2)9-15(8-12)19-3/h7-9,11,13H,4-6,10,16H2,1-3H3. The molecule has 2 unspecified atom stereocenters. The van der Waals surface area contributed by atoms with Crippen LogP contribution in [0.3, 0.4) is 0 Å². The molecule has 2 N–H and O–H groups in total. The van der Waals surface area contributed by atoms with Gasteiger partial charge in [0.15, 0.2) is 0 Å². The van der Waals surface area contributed by atoms with E-state index in [4.69, 9.17) is 15.2 Å². The molecule has 1 aromatic rings. The van der Waals surface area contributed by atoms with Crippen LogP contribution in [-0.4, -0.2) is 44.8 Å². The summed E-state index contributed by atoms with van der Waals surface area (Å²) < 4.78 is 10.7. The topological polar surface area (TPSA) is 47.7 Å². The summed E-state index contributed by atoms with van der Waals surface area (Å²) in [7, 11) is 3.38. The normalized spacial score (nSPS) is 23.6. The van der Waals surface area contributed by atoms with Crippen LogP contribution in [0.5, 0.6) is 11.5 Å². The maximum Gasteiger partial charge on any atom is 0.122 e. The van der Waals surface area contributed by atoms with Gasteiger partial charge in [-0.15, -0.1) is 0 Å². The van der Waals surface area contributed by atoms with Gasteiger partial charge in [-0.25, -0.2) is 0 Å². The summed E-state index contributed by atoms with van der Waals surface area (Å²) in [6.07, 6.45) is 1.16. The SMILES string of the molecule is COc1cc(OC)cc(C2CC(C)N(CCN)C2)c1. The number of benzene rings is 1. The second-order valence-corrected chi connectivity index (χ2v) is 5.21. The number of nitrogens with zero attached hydrogens (tertiary/aromatic N) is 1. The average molecular weight is 264 g/mol. The van der Waals surface area contributed by atoms with Crippen molar-refractivity contribution in [3.63, 3.8) is 0 Å². The second kappa shape index (κ2) is 6.26. The molecule has 1 fully saturated rings. The Balaban J connectivity index is 2.18. The molecule has 2 rings (SSSR count). The molecule has 1 aliphatic heterocycles. The van der Waals surface area contributed by atoms with Crippen molar-refractivity contribution >= 4 is 0 Å². The van der Waals surface area contributed by atoms with Crippen molar-refractivity contribution in [2.24, 2.45) is 5.73 Å². The molecule has 106 valence electrons. The zero-order chi connectivity index (χ0) is 13.8. The molecule has 0 aliphatic carbocycles. The van der Waals surface area contributed by atoms with Crippen LogP contribution in [0.15, 0.2) is 18.2 Å². The van der Waals surface area contributed by atoms with Crippen LogP contribution in [0.4, 0.5) is 0 Å². The molecule has 19 heavy (non-hydrogen) atoms. The van der Waals surface area contributed by atoms with Crippen molar-refractivity contribution in [1.82, 2.24) is 4.90 Å². The van der Waals surface area contributed by atoms with E-state index in [1.54, 1.807) is 14.2 Å². The van der Waals surface area contributed by atoms with Gasteiger partial charge >= 0.3 is 0 Å². The maximum atomic E-state index is 5.66. The van der Waals surface area contributed by atoms with Crippen molar-refractivity contribution in [3.8, 4) is 11.5 Å². The molecule has 2 atom stereocenters. The molecular formula is C15H24N2O2. The molecular weight excluding hydrogens is 240 g/mol. The van der Waals surface area contributed by atoms with Crippen molar-refractivity contribution in [3.05, 3.63) is 23.8 Å². The van der Waals surface area contributed by atoms with Gasteiger partial charge in [0.25, 0.3) is 0 Å². The first-order valence-corrected chi connectivity index (χ1v) is 6.85. The van der Waals surface area contributed by atoms with Gasteiger partial charge in [-0.2, -0.15) is 0 Å². The molecule has 0 aromatic heterocycles. The van der Waals surface area contributed by atoms with Gasteiger partial charge in [0.05, 0.1) is 14.2 Å². The lowest BCUT2D eigenvalue weighted by atomic mass is 9.96. The predicted octanol–water partition coefficient (Wildman–Crippen LogP) is 1.84. The third kappa shape index (κ3) is 3.19. The lowest BCUT2D eigenvalue weighted by Crippen LogP contribution is -2.32. The summed E-state index contributed by atoms with van der Waals surface area (Å²) in [6, 6.07) is 6.74. The van der Waals surface area contributed by atoms with Crippen LogP contribution in [0.25, 0.3) is 0 Å². The van der Waals surface area contributed by atoms with Gasteiger partial charge in [-0.05, 0) is 37.0 Å². The van der Waals surface area contributed by atoms with E-state index in [9.17, 15) is 0 Å². The monoisotopic (exact) mass is 264 g/mol. The number of ether oxygens (including phenoxy) is 2. The lowest BCUT2D eigenvalue weighted by Gasteiger charge is -2.19. The smallest absolute Gasteiger partial charge is 0.122 e. The molecule has 0 saturated carbocycles. The van der Waals surface area contributed by atoms with Gasteiger partial charge in [0.2, 0.25) is 0 Å². The van der Waals surface area contributed by atoms with Gasteiger partial charge < -0.3 is 15.2 Å².